The molecule has 1 aromatic heterocycles. The van der Waals surface area contributed by atoms with Crippen LogP contribution >= 0.6 is 35.3 Å². The molecule has 2 fully saturated rings. The van der Waals surface area contributed by atoms with Gasteiger partial charge in [0.05, 0.1) is 17.7 Å². The zero-order chi connectivity index (χ0) is 14.0. The van der Waals surface area contributed by atoms with Crippen LogP contribution in [0.15, 0.2) is 10.5 Å². The number of nitrogens with one attached hydrogen (secondary N) is 1. The average Bonchev–Trinajstić information content (AvgIpc) is 3.01. The molecule has 2 heterocycles. The number of guanidine groups is 1. The van der Waals surface area contributed by atoms with Gasteiger partial charge in [-0.3, -0.25) is 0 Å². The van der Waals surface area contributed by atoms with Crippen LogP contribution in [0, 0.1) is 12.3 Å². The lowest BCUT2D eigenvalue weighted by Gasteiger charge is -2.38. The quantitative estimate of drug-likeness (QED) is 0.463. The van der Waals surface area contributed by atoms with Gasteiger partial charge in [-0.1, -0.05) is 6.42 Å². The number of aromatic nitrogens is 1. The molecule has 1 spiro atoms. The fraction of sp³-hybridized carbons (Fsp3) is 0.733. The Balaban J connectivity index is 0.00000161. The molecule has 0 radical (unpaired) electrons. The van der Waals surface area contributed by atoms with E-state index in [-0.39, 0.29) is 24.0 Å². The summed E-state index contributed by atoms with van der Waals surface area (Å²) >= 11 is 1.70. The molecule has 0 unspecified atom stereocenters. The Labute approximate surface area is 148 Å². The molecule has 3 rings (SSSR count). The minimum Gasteiger partial charge on any atom is -0.357 e. The van der Waals surface area contributed by atoms with Crippen LogP contribution in [0.5, 0.6) is 0 Å². The van der Waals surface area contributed by atoms with Crippen molar-refractivity contribution in [2.24, 2.45) is 10.4 Å². The normalized spacial score (nSPS) is 20.3. The van der Waals surface area contributed by atoms with E-state index in [2.05, 4.69) is 29.0 Å². The van der Waals surface area contributed by atoms with Crippen LogP contribution in [-0.4, -0.2) is 35.5 Å². The van der Waals surface area contributed by atoms with Crippen molar-refractivity contribution in [3.05, 3.63) is 16.1 Å². The second-order valence-corrected chi connectivity index (χ2v) is 7.00. The molecule has 1 N–H and O–H groups in total. The maximum absolute atomic E-state index is 4.82. The molecule has 1 saturated carbocycles. The predicted octanol–water partition coefficient (Wildman–Crippen LogP) is 3.41. The van der Waals surface area contributed by atoms with Gasteiger partial charge < -0.3 is 10.2 Å². The minimum absolute atomic E-state index is 0. The first-order valence-corrected chi connectivity index (χ1v) is 8.53. The number of halogens is 1. The molecule has 1 saturated heterocycles. The minimum atomic E-state index is 0. The highest BCUT2D eigenvalue weighted by molar-refractivity contribution is 14.0. The lowest BCUT2D eigenvalue weighted by Crippen LogP contribution is -2.42. The maximum atomic E-state index is 4.82. The topological polar surface area (TPSA) is 40.5 Å². The number of likely N-dealkylation sites (tertiary alicyclic amines) is 1. The van der Waals surface area contributed by atoms with Gasteiger partial charge in [0.2, 0.25) is 0 Å². The van der Waals surface area contributed by atoms with Crippen molar-refractivity contribution in [2.45, 2.75) is 46.1 Å². The van der Waals surface area contributed by atoms with Crippen LogP contribution < -0.4 is 5.32 Å². The number of hydrogen-bond acceptors (Lipinski definition) is 3. The number of thiazole rings is 1. The second kappa shape index (κ2) is 7.26. The molecule has 0 atom stereocenters. The Morgan fingerprint density at radius 1 is 1.48 bits per heavy atom. The van der Waals surface area contributed by atoms with Crippen molar-refractivity contribution in [1.29, 1.82) is 0 Å². The molecule has 4 nitrogen and oxygen atoms in total. The van der Waals surface area contributed by atoms with Crippen molar-refractivity contribution in [2.75, 3.05) is 19.6 Å². The zero-order valence-electron chi connectivity index (χ0n) is 12.9. The van der Waals surface area contributed by atoms with Gasteiger partial charge in [0.1, 0.15) is 0 Å². The highest BCUT2D eigenvalue weighted by Crippen LogP contribution is 2.47. The maximum Gasteiger partial charge on any atom is 0.194 e. The smallest absolute Gasteiger partial charge is 0.194 e. The third kappa shape index (κ3) is 3.70. The van der Waals surface area contributed by atoms with Crippen LogP contribution in [0.3, 0.4) is 0 Å². The fourth-order valence-electron chi connectivity index (χ4n) is 3.25. The van der Waals surface area contributed by atoms with Crippen molar-refractivity contribution in [3.8, 4) is 0 Å². The Bertz CT molecular complexity index is 496. The van der Waals surface area contributed by atoms with Gasteiger partial charge in [-0.15, -0.1) is 35.3 Å². The van der Waals surface area contributed by atoms with Crippen molar-refractivity contribution >= 4 is 41.3 Å². The van der Waals surface area contributed by atoms with Crippen LogP contribution in [0.2, 0.25) is 0 Å². The molecular weight excluding hydrogens is 395 g/mol. The van der Waals surface area contributed by atoms with Crippen LogP contribution in [0.4, 0.5) is 0 Å². The molecule has 1 aliphatic carbocycles. The summed E-state index contributed by atoms with van der Waals surface area (Å²) in [5.74, 6) is 1.09. The summed E-state index contributed by atoms with van der Waals surface area (Å²) in [6, 6.07) is 0. The second-order valence-electron chi connectivity index (χ2n) is 6.06. The average molecular weight is 420 g/mol. The van der Waals surface area contributed by atoms with Gasteiger partial charge in [-0.25, -0.2) is 9.98 Å². The van der Waals surface area contributed by atoms with Crippen molar-refractivity contribution in [3.63, 3.8) is 0 Å². The highest BCUT2D eigenvalue weighted by atomic mass is 127. The van der Waals surface area contributed by atoms with Gasteiger partial charge in [-0.2, -0.15) is 0 Å². The number of rotatable bonds is 3. The summed E-state index contributed by atoms with van der Waals surface area (Å²) in [6.45, 7) is 8.25. The molecule has 118 valence electrons. The molecule has 1 aliphatic heterocycles. The molecule has 6 heteroatoms. The highest BCUT2D eigenvalue weighted by Gasteiger charge is 2.43. The van der Waals surface area contributed by atoms with Gasteiger partial charge in [0.25, 0.3) is 0 Å². The van der Waals surface area contributed by atoms with Crippen molar-refractivity contribution < 1.29 is 0 Å². The predicted molar refractivity (Wildman–Crippen MR) is 99.6 cm³/mol. The number of nitrogens with zero attached hydrogens (tertiary/aromatic N) is 3. The van der Waals surface area contributed by atoms with E-state index in [9.17, 15) is 0 Å². The number of aryl methyl sites for hydroxylation is 1. The van der Waals surface area contributed by atoms with E-state index >= 15 is 0 Å². The molecular formula is C15H25IN4S. The van der Waals surface area contributed by atoms with E-state index in [1.54, 1.807) is 11.3 Å². The van der Waals surface area contributed by atoms with Gasteiger partial charge in [0.15, 0.2) is 5.96 Å². The van der Waals surface area contributed by atoms with Crippen LogP contribution in [0.1, 0.15) is 43.2 Å². The Hall–Kier alpha value is -0.370. The van der Waals surface area contributed by atoms with Gasteiger partial charge >= 0.3 is 0 Å². The first kappa shape index (κ1) is 17.0. The largest absolute Gasteiger partial charge is 0.357 e. The zero-order valence-corrected chi connectivity index (χ0v) is 16.0. The van der Waals surface area contributed by atoms with E-state index in [0.717, 1.165) is 31.3 Å². The summed E-state index contributed by atoms with van der Waals surface area (Å²) in [5.41, 5.74) is 3.65. The van der Waals surface area contributed by atoms with E-state index in [1.807, 2.05) is 5.51 Å². The molecule has 0 aromatic carbocycles. The molecule has 2 aliphatic rings. The number of hydrogen-bond donors (Lipinski definition) is 1. The summed E-state index contributed by atoms with van der Waals surface area (Å²) in [4.78, 5) is 12.9. The first-order valence-electron chi connectivity index (χ1n) is 7.65. The van der Waals surface area contributed by atoms with Crippen LogP contribution in [-0.2, 0) is 6.54 Å². The Morgan fingerprint density at radius 3 is 2.81 bits per heavy atom. The van der Waals surface area contributed by atoms with Crippen LogP contribution in [0.25, 0.3) is 0 Å². The summed E-state index contributed by atoms with van der Waals surface area (Å²) in [7, 11) is 0. The number of aliphatic imine (C=N–C) groups is 1. The summed E-state index contributed by atoms with van der Waals surface area (Å²) in [6.07, 6.45) is 5.59. The van der Waals surface area contributed by atoms with E-state index < -0.39 is 0 Å². The molecule has 0 amide bonds. The lowest BCUT2D eigenvalue weighted by molar-refractivity contribution is 0.151. The Morgan fingerprint density at radius 2 is 2.29 bits per heavy atom. The monoisotopic (exact) mass is 420 g/mol. The fourth-order valence-corrected chi connectivity index (χ4v) is 3.95. The lowest BCUT2D eigenvalue weighted by atomic mass is 9.68. The summed E-state index contributed by atoms with van der Waals surface area (Å²) < 4.78 is 0. The molecule has 0 bridgehead atoms. The third-order valence-electron chi connectivity index (χ3n) is 4.70. The van der Waals surface area contributed by atoms with E-state index in [1.165, 1.54) is 37.1 Å². The first-order chi connectivity index (χ1) is 9.72. The Kier molecular flexibility index (Phi) is 5.88. The van der Waals surface area contributed by atoms with Gasteiger partial charge in [0, 0.05) is 24.5 Å². The SMILES string of the molecule is CCNC(=NCc1scnc1C)N1CCC2(CCC2)C1.I. The van der Waals surface area contributed by atoms with E-state index in [4.69, 9.17) is 4.99 Å². The molecule has 1 aromatic rings. The standard InChI is InChI=1S/C15H24N4S.HI/c1-3-16-14(17-9-13-12(2)18-11-20-13)19-8-7-15(10-19)5-4-6-15;/h11H,3-10H2,1-2H3,(H,16,17);1H. The van der Waals surface area contributed by atoms with Gasteiger partial charge in [-0.05, 0) is 38.5 Å². The summed E-state index contributed by atoms with van der Waals surface area (Å²) in [5, 5.41) is 3.45. The third-order valence-corrected chi connectivity index (χ3v) is 5.62. The van der Waals surface area contributed by atoms with E-state index in [0.29, 0.717) is 5.41 Å². The van der Waals surface area contributed by atoms with Crippen molar-refractivity contribution in [1.82, 2.24) is 15.2 Å². The molecule has 21 heavy (non-hydrogen) atoms.